The number of halogens is 1. The van der Waals surface area contributed by atoms with Crippen LogP contribution in [-0.4, -0.2) is 24.9 Å². The molecule has 0 saturated heterocycles. The van der Waals surface area contributed by atoms with E-state index >= 15 is 0 Å². The average Bonchev–Trinajstić information content (AvgIpc) is 2.34. The first-order valence-electron chi connectivity index (χ1n) is 5.88. The third kappa shape index (κ3) is 4.54. The van der Waals surface area contributed by atoms with E-state index in [1.54, 1.807) is 7.11 Å². The summed E-state index contributed by atoms with van der Waals surface area (Å²) in [6, 6.07) is 5.91. The summed E-state index contributed by atoms with van der Waals surface area (Å²) in [4.78, 5) is 0. The van der Waals surface area contributed by atoms with E-state index < -0.39 is 0 Å². The van der Waals surface area contributed by atoms with Crippen LogP contribution < -0.4 is 10.1 Å². The molecular weight excluding hydrogens is 238 g/mol. The van der Waals surface area contributed by atoms with Crippen molar-refractivity contribution in [2.75, 3.05) is 13.7 Å². The van der Waals surface area contributed by atoms with Crippen molar-refractivity contribution in [2.24, 2.45) is 0 Å². The standard InChI is InChI=1S/C13H20ClNO2/c1-3-12(6-7-16)15-9-10-8-11(14)4-5-13(10)17-2/h4-5,8,12,15-16H,3,6-7,9H2,1-2H3. The third-order valence-corrected chi connectivity index (χ3v) is 3.03. The zero-order chi connectivity index (χ0) is 12.7. The monoisotopic (exact) mass is 257 g/mol. The molecule has 0 fully saturated rings. The van der Waals surface area contributed by atoms with Gasteiger partial charge in [-0.3, -0.25) is 0 Å². The molecule has 1 aromatic rings. The summed E-state index contributed by atoms with van der Waals surface area (Å²) in [5.41, 5.74) is 1.04. The van der Waals surface area contributed by atoms with Crippen molar-refractivity contribution in [3.8, 4) is 5.75 Å². The Bertz CT molecular complexity index is 344. The van der Waals surface area contributed by atoms with E-state index in [0.29, 0.717) is 17.6 Å². The van der Waals surface area contributed by atoms with E-state index in [2.05, 4.69) is 12.2 Å². The highest BCUT2D eigenvalue weighted by Crippen LogP contribution is 2.22. The molecule has 0 aliphatic carbocycles. The highest BCUT2D eigenvalue weighted by Gasteiger charge is 2.08. The van der Waals surface area contributed by atoms with Crippen molar-refractivity contribution >= 4 is 11.6 Å². The number of benzene rings is 1. The van der Waals surface area contributed by atoms with Crippen LogP contribution in [0.5, 0.6) is 5.75 Å². The number of aliphatic hydroxyl groups is 1. The van der Waals surface area contributed by atoms with Crippen molar-refractivity contribution in [2.45, 2.75) is 32.4 Å². The molecule has 1 unspecified atom stereocenters. The van der Waals surface area contributed by atoms with Crippen LogP contribution in [0.15, 0.2) is 18.2 Å². The first kappa shape index (κ1) is 14.3. The van der Waals surface area contributed by atoms with E-state index in [9.17, 15) is 0 Å². The molecule has 1 aromatic carbocycles. The van der Waals surface area contributed by atoms with Crippen molar-refractivity contribution in [1.82, 2.24) is 5.32 Å². The Morgan fingerprint density at radius 3 is 2.82 bits per heavy atom. The van der Waals surface area contributed by atoms with Gasteiger partial charge in [-0.1, -0.05) is 18.5 Å². The number of rotatable bonds is 7. The second kappa shape index (κ2) is 7.54. The van der Waals surface area contributed by atoms with Gasteiger partial charge in [0, 0.05) is 29.8 Å². The number of ether oxygens (including phenoxy) is 1. The van der Waals surface area contributed by atoms with Gasteiger partial charge in [-0.25, -0.2) is 0 Å². The number of aliphatic hydroxyl groups excluding tert-OH is 1. The first-order valence-corrected chi connectivity index (χ1v) is 6.25. The molecule has 0 saturated carbocycles. The molecule has 0 aliphatic rings. The topological polar surface area (TPSA) is 41.5 Å². The maximum Gasteiger partial charge on any atom is 0.123 e. The van der Waals surface area contributed by atoms with Gasteiger partial charge in [0.25, 0.3) is 0 Å². The quantitative estimate of drug-likeness (QED) is 0.789. The fourth-order valence-corrected chi connectivity index (χ4v) is 1.94. The Kier molecular flexibility index (Phi) is 6.34. The molecule has 0 aliphatic heterocycles. The van der Waals surface area contributed by atoms with Crippen LogP contribution >= 0.6 is 11.6 Å². The van der Waals surface area contributed by atoms with Gasteiger partial charge < -0.3 is 15.2 Å². The molecule has 0 spiro atoms. The lowest BCUT2D eigenvalue weighted by Gasteiger charge is -2.17. The van der Waals surface area contributed by atoms with Gasteiger partial charge in [0.2, 0.25) is 0 Å². The Morgan fingerprint density at radius 1 is 1.47 bits per heavy atom. The van der Waals surface area contributed by atoms with Crippen LogP contribution in [0.2, 0.25) is 5.02 Å². The number of hydrogen-bond acceptors (Lipinski definition) is 3. The zero-order valence-electron chi connectivity index (χ0n) is 10.4. The number of methoxy groups -OCH3 is 1. The van der Waals surface area contributed by atoms with Gasteiger partial charge in [0.1, 0.15) is 5.75 Å². The lowest BCUT2D eigenvalue weighted by Crippen LogP contribution is -2.29. The Balaban J connectivity index is 2.63. The summed E-state index contributed by atoms with van der Waals surface area (Å²) in [7, 11) is 1.65. The van der Waals surface area contributed by atoms with E-state index in [4.69, 9.17) is 21.4 Å². The molecular formula is C13H20ClNO2. The van der Waals surface area contributed by atoms with Crippen molar-refractivity contribution in [3.63, 3.8) is 0 Å². The molecule has 2 N–H and O–H groups in total. The first-order chi connectivity index (χ1) is 8.21. The smallest absolute Gasteiger partial charge is 0.123 e. The van der Waals surface area contributed by atoms with Crippen LogP contribution in [0.3, 0.4) is 0 Å². The van der Waals surface area contributed by atoms with E-state index in [1.807, 2.05) is 18.2 Å². The van der Waals surface area contributed by atoms with Crippen molar-refractivity contribution in [3.05, 3.63) is 28.8 Å². The second-order valence-electron chi connectivity index (χ2n) is 3.95. The summed E-state index contributed by atoms with van der Waals surface area (Å²) in [6.07, 6.45) is 1.75. The van der Waals surface area contributed by atoms with Crippen molar-refractivity contribution in [1.29, 1.82) is 0 Å². The Morgan fingerprint density at radius 2 is 2.24 bits per heavy atom. The Hall–Kier alpha value is -0.770. The minimum atomic E-state index is 0.207. The predicted molar refractivity (Wildman–Crippen MR) is 70.6 cm³/mol. The van der Waals surface area contributed by atoms with Gasteiger partial charge in [-0.15, -0.1) is 0 Å². The highest BCUT2D eigenvalue weighted by atomic mass is 35.5. The molecule has 0 aromatic heterocycles. The van der Waals surface area contributed by atoms with Gasteiger partial charge in [0.15, 0.2) is 0 Å². The van der Waals surface area contributed by atoms with Crippen LogP contribution in [0.4, 0.5) is 0 Å². The Labute approximate surface area is 108 Å². The predicted octanol–water partition coefficient (Wildman–Crippen LogP) is 2.60. The SMILES string of the molecule is CCC(CCO)NCc1cc(Cl)ccc1OC. The molecule has 4 heteroatoms. The molecule has 1 atom stereocenters. The normalized spacial score (nSPS) is 12.5. The molecule has 96 valence electrons. The van der Waals surface area contributed by atoms with Crippen LogP contribution in [0.1, 0.15) is 25.3 Å². The summed E-state index contributed by atoms with van der Waals surface area (Å²) in [6.45, 7) is 3.00. The summed E-state index contributed by atoms with van der Waals surface area (Å²) < 4.78 is 5.28. The maximum absolute atomic E-state index is 8.92. The lowest BCUT2D eigenvalue weighted by atomic mass is 10.1. The molecule has 3 nitrogen and oxygen atoms in total. The summed E-state index contributed by atoms with van der Waals surface area (Å²) in [5, 5.41) is 13.0. The van der Waals surface area contributed by atoms with Crippen LogP contribution in [0, 0.1) is 0 Å². The van der Waals surface area contributed by atoms with Crippen LogP contribution in [0.25, 0.3) is 0 Å². The van der Waals surface area contributed by atoms with E-state index in [-0.39, 0.29) is 6.61 Å². The third-order valence-electron chi connectivity index (χ3n) is 2.79. The lowest BCUT2D eigenvalue weighted by molar-refractivity contribution is 0.261. The maximum atomic E-state index is 8.92. The van der Waals surface area contributed by atoms with E-state index in [1.165, 1.54) is 0 Å². The molecule has 17 heavy (non-hydrogen) atoms. The molecule has 0 radical (unpaired) electrons. The molecule has 0 amide bonds. The van der Waals surface area contributed by atoms with E-state index in [0.717, 1.165) is 24.2 Å². The highest BCUT2D eigenvalue weighted by molar-refractivity contribution is 6.30. The molecule has 0 bridgehead atoms. The average molecular weight is 258 g/mol. The summed E-state index contributed by atoms with van der Waals surface area (Å²) >= 11 is 5.96. The minimum Gasteiger partial charge on any atom is -0.496 e. The molecule has 0 heterocycles. The zero-order valence-corrected chi connectivity index (χ0v) is 11.1. The molecule has 1 rings (SSSR count). The largest absolute Gasteiger partial charge is 0.496 e. The van der Waals surface area contributed by atoms with Gasteiger partial charge in [0.05, 0.1) is 7.11 Å². The fraction of sp³-hybridized carbons (Fsp3) is 0.538. The number of hydrogen-bond donors (Lipinski definition) is 2. The van der Waals surface area contributed by atoms with Gasteiger partial charge >= 0.3 is 0 Å². The fourth-order valence-electron chi connectivity index (χ4n) is 1.75. The van der Waals surface area contributed by atoms with Gasteiger partial charge in [-0.05, 0) is 31.0 Å². The van der Waals surface area contributed by atoms with Crippen molar-refractivity contribution < 1.29 is 9.84 Å². The summed E-state index contributed by atoms with van der Waals surface area (Å²) in [5.74, 6) is 0.834. The van der Waals surface area contributed by atoms with Gasteiger partial charge in [-0.2, -0.15) is 0 Å². The number of nitrogens with one attached hydrogen (secondary N) is 1. The second-order valence-corrected chi connectivity index (χ2v) is 4.39. The minimum absolute atomic E-state index is 0.207. The van der Waals surface area contributed by atoms with Crippen LogP contribution in [-0.2, 0) is 6.54 Å².